The third-order valence-corrected chi connectivity index (χ3v) is 6.40. The van der Waals surface area contributed by atoms with Gasteiger partial charge in [0.15, 0.2) is 23.4 Å². The highest BCUT2D eigenvalue weighted by Crippen LogP contribution is 2.64. The van der Waals surface area contributed by atoms with E-state index in [1.807, 2.05) is 0 Å². The minimum atomic E-state index is -0.442. The molecule has 5 aliphatic rings. The third kappa shape index (κ3) is 1.27. The SMILES string of the molecule is CN1CC[C@]23C4=C5CCC(OO)=C4O[C@H]2C(=O)C=C[C@H]3[C@H]1C5. The molecule has 116 valence electrons. The lowest BCUT2D eigenvalue weighted by molar-refractivity contribution is -0.209. The highest BCUT2D eigenvalue weighted by Gasteiger charge is 2.66. The zero-order valence-electron chi connectivity index (χ0n) is 12.5. The molecule has 0 saturated carbocycles. The number of likely N-dealkylation sites (tertiary alicyclic amines) is 1. The topological polar surface area (TPSA) is 59.0 Å². The van der Waals surface area contributed by atoms with Crippen LogP contribution in [0.5, 0.6) is 0 Å². The molecule has 0 aromatic rings. The first-order valence-electron chi connectivity index (χ1n) is 8.03. The average Bonchev–Trinajstić information content (AvgIpc) is 2.88. The van der Waals surface area contributed by atoms with Gasteiger partial charge in [-0.1, -0.05) is 11.6 Å². The molecule has 0 aromatic heterocycles. The summed E-state index contributed by atoms with van der Waals surface area (Å²) >= 11 is 0. The molecular weight excluding hydrogens is 282 g/mol. The molecule has 22 heavy (non-hydrogen) atoms. The monoisotopic (exact) mass is 301 g/mol. The molecular formula is C17H19NO4. The van der Waals surface area contributed by atoms with Crippen LogP contribution in [0.3, 0.4) is 0 Å². The van der Waals surface area contributed by atoms with E-state index in [0.29, 0.717) is 29.9 Å². The van der Waals surface area contributed by atoms with E-state index < -0.39 is 6.10 Å². The molecule has 4 atom stereocenters. The Bertz CT molecular complexity index is 676. The number of allylic oxidation sites excluding steroid dienone is 2. The van der Waals surface area contributed by atoms with Crippen LogP contribution < -0.4 is 0 Å². The highest BCUT2D eigenvalue weighted by atomic mass is 17.1. The average molecular weight is 301 g/mol. The second kappa shape index (κ2) is 4.03. The molecule has 0 unspecified atom stereocenters. The Balaban J connectivity index is 1.80. The van der Waals surface area contributed by atoms with Crippen LogP contribution in [0.25, 0.3) is 0 Å². The van der Waals surface area contributed by atoms with Crippen molar-refractivity contribution in [1.82, 2.24) is 4.90 Å². The van der Waals surface area contributed by atoms with Crippen molar-refractivity contribution in [2.45, 2.75) is 37.8 Å². The molecule has 2 fully saturated rings. The third-order valence-electron chi connectivity index (χ3n) is 6.40. The summed E-state index contributed by atoms with van der Waals surface area (Å²) in [5.74, 6) is 1.50. The number of ether oxygens (including phenoxy) is 1. The molecule has 2 saturated heterocycles. The van der Waals surface area contributed by atoms with Crippen LogP contribution in [-0.2, 0) is 14.4 Å². The Kier molecular flexibility index (Phi) is 2.36. The summed E-state index contributed by atoms with van der Waals surface area (Å²) in [6.07, 6.45) is 6.84. The van der Waals surface area contributed by atoms with Crippen LogP contribution in [0.15, 0.2) is 34.8 Å². The molecule has 5 heteroatoms. The number of nitrogens with zero attached hydrogens (tertiary/aromatic N) is 1. The quantitative estimate of drug-likeness (QED) is 0.593. The van der Waals surface area contributed by atoms with Gasteiger partial charge in [0.2, 0.25) is 0 Å². The van der Waals surface area contributed by atoms with Gasteiger partial charge in [-0.3, -0.25) is 4.79 Å². The fourth-order valence-electron chi connectivity index (χ4n) is 5.46. The number of rotatable bonds is 1. The lowest BCUT2D eigenvalue weighted by atomic mass is 9.52. The van der Waals surface area contributed by atoms with Crippen molar-refractivity contribution in [3.63, 3.8) is 0 Å². The van der Waals surface area contributed by atoms with E-state index in [2.05, 4.69) is 22.9 Å². The standard InChI is InChI=1S/C17H19NO4/c1-18-7-6-17-10-3-4-12(19)16(17)21-15-13(22-20)5-2-9(14(15)17)8-11(10)18/h3-4,10-11,16,20H,2,5-8H2,1H3/t10-,11+,16-,17-/m0/s1. The zero-order valence-corrected chi connectivity index (χ0v) is 12.5. The van der Waals surface area contributed by atoms with Crippen molar-refractivity contribution in [3.05, 3.63) is 34.8 Å². The second-order valence-corrected chi connectivity index (χ2v) is 7.15. The Morgan fingerprint density at radius 3 is 3.14 bits per heavy atom. The van der Waals surface area contributed by atoms with Crippen LogP contribution in [0.1, 0.15) is 25.7 Å². The summed E-state index contributed by atoms with van der Waals surface area (Å²) in [6, 6.07) is 0.443. The van der Waals surface area contributed by atoms with Crippen LogP contribution in [-0.4, -0.2) is 41.7 Å². The summed E-state index contributed by atoms with van der Waals surface area (Å²) in [7, 11) is 2.18. The van der Waals surface area contributed by atoms with Gasteiger partial charge in [0, 0.05) is 24.0 Å². The van der Waals surface area contributed by atoms with Gasteiger partial charge in [-0.05, 0) is 38.9 Å². The van der Waals surface area contributed by atoms with Crippen LogP contribution >= 0.6 is 0 Å². The first-order valence-corrected chi connectivity index (χ1v) is 8.03. The Hall–Kier alpha value is -1.59. The number of ketones is 1. The molecule has 2 aliphatic heterocycles. The Morgan fingerprint density at radius 2 is 2.32 bits per heavy atom. The van der Waals surface area contributed by atoms with Gasteiger partial charge in [-0.15, -0.1) is 0 Å². The molecule has 1 spiro atoms. The van der Waals surface area contributed by atoms with Crippen LogP contribution in [0, 0.1) is 11.3 Å². The van der Waals surface area contributed by atoms with Crippen LogP contribution in [0.2, 0.25) is 0 Å². The predicted octanol–water partition coefficient (Wildman–Crippen LogP) is 2.03. The van der Waals surface area contributed by atoms with Gasteiger partial charge in [0.25, 0.3) is 0 Å². The number of hydrogen-bond acceptors (Lipinski definition) is 5. The van der Waals surface area contributed by atoms with Crippen LogP contribution in [0.4, 0.5) is 0 Å². The number of carbonyl (C=O) groups excluding carboxylic acids is 1. The smallest absolute Gasteiger partial charge is 0.196 e. The molecule has 0 amide bonds. The first-order chi connectivity index (χ1) is 10.7. The van der Waals surface area contributed by atoms with Crippen molar-refractivity contribution in [1.29, 1.82) is 0 Å². The summed E-state index contributed by atoms with van der Waals surface area (Å²) in [4.78, 5) is 19.5. The molecule has 2 heterocycles. The molecule has 5 rings (SSSR count). The van der Waals surface area contributed by atoms with E-state index in [-0.39, 0.29) is 11.2 Å². The maximum absolute atomic E-state index is 12.5. The van der Waals surface area contributed by atoms with Gasteiger partial charge in [0.05, 0.1) is 5.41 Å². The Morgan fingerprint density at radius 1 is 1.45 bits per heavy atom. The summed E-state index contributed by atoms with van der Waals surface area (Å²) in [5, 5.41) is 9.20. The lowest BCUT2D eigenvalue weighted by Gasteiger charge is -2.55. The van der Waals surface area contributed by atoms with Gasteiger partial charge in [-0.25, -0.2) is 5.26 Å². The van der Waals surface area contributed by atoms with E-state index in [4.69, 9.17) is 4.74 Å². The summed E-state index contributed by atoms with van der Waals surface area (Å²) < 4.78 is 6.10. The minimum Gasteiger partial charge on any atom is -0.477 e. The fourth-order valence-corrected chi connectivity index (χ4v) is 5.46. The molecule has 0 aromatic carbocycles. The van der Waals surface area contributed by atoms with Crippen molar-refractivity contribution in [3.8, 4) is 0 Å². The van der Waals surface area contributed by atoms with Gasteiger partial charge >= 0.3 is 0 Å². The van der Waals surface area contributed by atoms with Gasteiger partial charge < -0.3 is 14.5 Å². The second-order valence-electron chi connectivity index (χ2n) is 7.15. The largest absolute Gasteiger partial charge is 0.477 e. The molecule has 2 bridgehead atoms. The van der Waals surface area contributed by atoms with Gasteiger partial charge in [-0.2, -0.15) is 0 Å². The number of hydrogen-bond donors (Lipinski definition) is 1. The van der Waals surface area contributed by atoms with Crippen molar-refractivity contribution in [2.75, 3.05) is 13.6 Å². The van der Waals surface area contributed by atoms with Crippen molar-refractivity contribution in [2.24, 2.45) is 11.3 Å². The summed E-state index contributed by atoms with van der Waals surface area (Å²) in [6.45, 7) is 0.974. The zero-order chi connectivity index (χ0) is 15.1. The normalized spacial score (nSPS) is 42.5. The number of carbonyl (C=O) groups is 1. The number of piperidine rings is 1. The maximum atomic E-state index is 12.5. The fraction of sp³-hybridized carbons (Fsp3) is 0.588. The minimum absolute atomic E-state index is 0.0486. The van der Waals surface area contributed by atoms with Crippen molar-refractivity contribution >= 4 is 5.78 Å². The van der Waals surface area contributed by atoms with E-state index in [0.717, 1.165) is 25.8 Å². The predicted molar refractivity (Wildman–Crippen MR) is 77.6 cm³/mol. The first kappa shape index (κ1) is 12.9. The van der Waals surface area contributed by atoms with E-state index >= 15 is 0 Å². The molecule has 5 nitrogen and oxygen atoms in total. The molecule has 0 radical (unpaired) electrons. The lowest BCUT2D eigenvalue weighted by Crippen LogP contribution is -2.60. The van der Waals surface area contributed by atoms with Crippen molar-refractivity contribution < 1.29 is 19.7 Å². The van der Waals surface area contributed by atoms with Gasteiger partial charge in [0.1, 0.15) is 0 Å². The Labute approximate surface area is 128 Å². The van der Waals surface area contributed by atoms with E-state index in [9.17, 15) is 10.1 Å². The van der Waals surface area contributed by atoms with E-state index in [1.54, 1.807) is 6.08 Å². The summed E-state index contributed by atoms with van der Waals surface area (Å²) in [5.41, 5.74) is 2.34. The maximum Gasteiger partial charge on any atom is 0.196 e. The highest BCUT2D eigenvalue weighted by molar-refractivity contribution is 5.97. The van der Waals surface area contributed by atoms with E-state index in [1.165, 1.54) is 11.1 Å². The molecule has 3 aliphatic carbocycles. The molecule has 1 N–H and O–H groups in total.